The molecule has 0 unspecified atom stereocenters. The summed E-state index contributed by atoms with van der Waals surface area (Å²) in [5, 5.41) is 6.75. The molecule has 1 heterocycles. The highest BCUT2D eigenvalue weighted by Gasteiger charge is 2.07. The molecule has 0 bridgehead atoms. The van der Waals surface area contributed by atoms with Crippen molar-refractivity contribution >= 4 is 6.21 Å². The van der Waals surface area contributed by atoms with Gasteiger partial charge in [0.25, 0.3) is 6.43 Å². The Hall–Kier alpha value is -1.32. The van der Waals surface area contributed by atoms with Crippen molar-refractivity contribution in [1.29, 1.82) is 5.41 Å². The Bertz CT molecular complexity index is 260. The van der Waals surface area contributed by atoms with Crippen molar-refractivity contribution in [3.63, 3.8) is 0 Å². The van der Waals surface area contributed by atoms with Gasteiger partial charge in [0.1, 0.15) is 5.69 Å². The molecule has 0 spiro atoms. The molecular weight excluding hydrogens is 150 g/mol. The van der Waals surface area contributed by atoms with Crippen LogP contribution in [-0.4, -0.2) is 11.2 Å². The fourth-order valence-corrected chi connectivity index (χ4v) is 0.671. The van der Waals surface area contributed by atoms with E-state index in [1.54, 1.807) is 0 Å². The lowest BCUT2D eigenvalue weighted by molar-refractivity contribution is 0.146. The molecule has 0 radical (unpaired) electrons. The normalized spacial score (nSPS) is 10.1. The number of pyridine rings is 1. The zero-order valence-corrected chi connectivity index (χ0v) is 5.59. The minimum absolute atomic E-state index is 0.253. The van der Waals surface area contributed by atoms with Gasteiger partial charge in [0.2, 0.25) is 0 Å². The fourth-order valence-electron chi connectivity index (χ4n) is 0.671. The van der Waals surface area contributed by atoms with E-state index in [2.05, 4.69) is 4.98 Å². The number of hydrogen-bond acceptors (Lipinski definition) is 2. The van der Waals surface area contributed by atoms with E-state index in [9.17, 15) is 8.78 Å². The molecule has 0 aliphatic heterocycles. The third-order valence-corrected chi connectivity index (χ3v) is 1.16. The van der Waals surface area contributed by atoms with Crippen LogP contribution in [0.1, 0.15) is 17.8 Å². The molecule has 0 atom stereocenters. The zero-order chi connectivity index (χ0) is 8.27. The molecule has 2 nitrogen and oxygen atoms in total. The van der Waals surface area contributed by atoms with Gasteiger partial charge in [0, 0.05) is 6.21 Å². The molecule has 0 fully saturated rings. The van der Waals surface area contributed by atoms with E-state index < -0.39 is 6.43 Å². The number of hydrogen-bond donors (Lipinski definition) is 1. The van der Waals surface area contributed by atoms with E-state index in [1.807, 2.05) is 0 Å². The Morgan fingerprint density at radius 1 is 1.45 bits per heavy atom. The van der Waals surface area contributed by atoms with E-state index in [0.29, 0.717) is 0 Å². The Kier molecular flexibility index (Phi) is 2.25. The van der Waals surface area contributed by atoms with Crippen molar-refractivity contribution in [2.75, 3.05) is 0 Å². The molecule has 0 aliphatic carbocycles. The van der Waals surface area contributed by atoms with Gasteiger partial charge in [0.05, 0.1) is 5.69 Å². The van der Waals surface area contributed by atoms with Crippen LogP contribution in [0, 0.1) is 5.41 Å². The van der Waals surface area contributed by atoms with Crippen molar-refractivity contribution in [2.45, 2.75) is 6.43 Å². The molecule has 1 N–H and O–H groups in total. The molecule has 58 valence electrons. The van der Waals surface area contributed by atoms with E-state index >= 15 is 0 Å². The second-order valence-electron chi connectivity index (χ2n) is 1.93. The minimum Gasteiger partial charge on any atom is -0.307 e. The average molecular weight is 156 g/mol. The first kappa shape index (κ1) is 7.78. The van der Waals surface area contributed by atoms with Gasteiger partial charge in [-0.2, -0.15) is 0 Å². The summed E-state index contributed by atoms with van der Waals surface area (Å²) in [6.45, 7) is 0. The third-order valence-electron chi connectivity index (χ3n) is 1.16. The molecule has 0 amide bonds. The fraction of sp³-hybridized carbons (Fsp3) is 0.143. The van der Waals surface area contributed by atoms with Gasteiger partial charge >= 0.3 is 0 Å². The quantitative estimate of drug-likeness (QED) is 0.653. The zero-order valence-electron chi connectivity index (χ0n) is 5.59. The maximum atomic E-state index is 11.9. The van der Waals surface area contributed by atoms with Gasteiger partial charge in [-0.25, -0.2) is 13.8 Å². The maximum absolute atomic E-state index is 11.9. The Morgan fingerprint density at radius 2 is 2.18 bits per heavy atom. The van der Waals surface area contributed by atoms with Crippen molar-refractivity contribution < 1.29 is 8.78 Å². The number of nitrogens with one attached hydrogen (secondary N) is 1. The van der Waals surface area contributed by atoms with Crippen molar-refractivity contribution in [1.82, 2.24) is 4.98 Å². The van der Waals surface area contributed by atoms with Gasteiger partial charge in [-0.05, 0) is 12.1 Å². The van der Waals surface area contributed by atoms with Crippen molar-refractivity contribution in [3.8, 4) is 0 Å². The van der Waals surface area contributed by atoms with Crippen LogP contribution < -0.4 is 0 Å². The number of rotatable bonds is 2. The second-order valence-corrected chi connectivity index (χ2v) is 1.93. The molecule has 4 heteroatoms. The summed E-state index contributed by atoms with van der Waals surface area (Å²) in [5.74, 6) is 0. The molecule has 0 saturated heterocycles. The molecule has 1 rings (SSSR count). The summed E-state index contributed by atoms with van der Waals surface area (Å²) >= 11 is 0. The first-order valence-corrected chi connectivity index (χ1v) is 2.99. The largest absolute Gasteiger partial charge is 0.307 e. The van der Waals surface area contributed by atoms with E-state index in [-0.39, 0.29) is 11.4 Å². The highest BCUT2D eigenvalue weighted by molar-refractivity contribution is 5.73. The molecule has 1 aromatic heterocycles. The monoisotopic (exact) mass is 156 g/mol. The van der Waals surface area contributed by atoms with Gasteiger partial charge < -0.3 is 5.41 Å². The predicted octanol–water partition coefficient (Wildman–Crippen LogP) is 2.02. The van der Waals surface area contributed by atoms with Crippen molar-refractivity contribution in [3.05, 3.63) is 29.6 Å². The summed E-state index contributed by atoms with van der Waals surface area (Å²) < 4.78 is 23.9. The Morgan fingerprint density at radius 3 is 2.73 bits per heavy atom. The summed E-state index contributed by atoms with van der Waals surface area (Å²) in [6, 6.07) is 4.19. The van der Waals surface area contributed by atoms with Crippen LogP contribution in [0.15, 0.2) is 18.2 Å². The maximum Gasteiger partial charge on any atom is 0.280 e. The predicted molar refractivity (Wildman–Crippen MR) is 37.1 cm³/mol. The minimum atomic E-state index is -2.56. The summed E-state index contributed by atoms with van der Waals surface area (Å²) in [7, 11) is 0. The summed E-state index contributed by atoms with van der Waals surface area (Å²) in [5.41, 5.74) is -0.0335. The van der Waals surface area contributed by atoms with E-state index in [4.69, 9.17) is 5.41 Å². The van der Waals surface area contributed by atoms with E-state index in [1.165, 1.54) is 18.2 Å². The van der Waals surface area contributed by atoms with Gasteiger partial charge in [0.15, 0.2) is 0 Å². The average Bonchev–Trinajstić information content (AvgIpc) is 2.05. The number of halogens is 2. The Balaban J connectivity index is 3.00. The molecule has 0 saturated carbocycles. The lowest BCUT2D eigenvalue weighted by Crippen LogP contribution is -1.93. The van der Waals surface area contributed by atoms with Crippen LogP contribution in [0.5, 0.6) is 0 Å². The SMILES string of the molecule is N=Cc1cccc(C(F)F)n1. The lowest BCUT2D eigenvalue weighted by atomic mass is 10.3. The van der Waals surface area contributed by atoms with E-state index in [0.717, 1.165) is 6.21 Å². The first-order chi connectivity index (χ1) is 5.24. The summed E-state index contributed by atoms with van der Waals surface area (Å²) in [6.07, 6.45) is -1.62. The highest BCUT2D eigenvalue weighted by atomic mass is 19.3. The van der Waals surface area contributed by atoms with Gasteiger partial charge in [-0.3, -0.25) is 0 Å². The number of aromatic nitrogens is 1. The molecular formula is C7H6F2N2. The van der Waals surface area contributed by atoms with Crippen LogP contribution in [0.3, 0.4) is 0 Å². The molecule has 0 aromatic carbocycles. The molecule has 1 aromatic rings. The topological polar surface area (TPSA) is 36.7 Å². The number of nitrogens with zero attached hydrogens (tertiary/aromatic N) is 1. The molecule has 11 heavy (non-hydrogen) atoms. The number of alkyl halides is 2. The van der Waals surface area contributed by atoms with Crippen LogP contribution in [0.2, 0.25) is 0 Å². The van der Waals surface area contributed by atoms with Crippen LogP contribution >= 0.6 is 0 Å². The lowest BCUT2D eigenvalue weighted by Gasteiger charge is -1.97. The van der Waals surface area contributed by atoms with Crippen LogP contribution in [-0.2, 0) is 0 Å². The Labute approximate surface area is 62.4 Å². The van der Waals surface area contributed by atoms with Crippen LogP contribution in [0.25, 0.3) is 0 Å². The molecule has 0 aliphatic rings. The van der Waals surface area contributed by atoms with Crippen molar-refractivity contribution in [2.24, 2.45) is 0 Å². The highest BCUT2D eigenvalue weighted by Crippen LogP contribution is 2.15. The third kappa shape index (κ3) is 1.80. The van der Waals surface area contributed by atoms with Crippen LogP contribution in [0.4, 0.5) is 8.78 Å². The van der Waals surface area contributed by atoms with Gasteiger partial charge in [-0.15, -0.1) is 0 Å². The first-order valence-electron chi connectivity index (χ1n) is 2.99. The summed E-state index contributed by atoms with van der Waals surface area (Å²) in [4.78, 5) is 3.50. The second kappa shape index (κ2) is 3.18. The standard InChI is InChI=1S/C7H6F2N2/c8-7(9)6-3-1-2-5(4-10)11-6/h1-4,7,10H. The van der Waals surface area contributed by atoms with Gasteiger partial charge in [-0.1, -0.05) is 6.07 Å². The smallest absolute Gasteiger partial charge is 0.280 e.